The lowest BCUT2D eigenvalue weighted by molar-refractivity contribution is 0.585. The molecular weight excluding hydrogens is 381 g/mol. The molecule has 0 saturated heterocycles. The van der Waals surface area contributed by atoms with Crippen LogP contribution in [0, 0.1) is 0 Å². The van der Waals surface area contributed by atoms with Gasteiger partial charge >= 0.3 is 0 Å². The van der Waals surface area contributed by atoms with Gasteiger partial charge in [-0.15, -0.1) is 21.8 Å². The van der Waals surface area contributed by atoms with Gasteiger partial charge in [0.2, 0.25) is 0 Å². The lowest BCUT2D eigenvalue weighted by atomic mass is 10.2. The topological polar surface area (TPSA) is 30.7 Å². The smallest absolute Gasteiger partial charge is 0.164 e. The van der Waals surface area contributed by atoms with Crippen molar-refractivity contribution in [2.75, 3.05) is 0 Å². The molecule has 0 atom stereocenters. The first kappa shape index (κ1) is 14.0. The lowest BCUT2D eigenvalue weighted by Gasteiger charge is -2.13. The fraction of sp³-hybridized carbons (Fsp3) is 0.333. The summed E-state index contributed by atoms with van der Waals surface area (Å²) in [6.07, 6.45) is 0. The first-order chi connectivity index (χ1) is 8.52. The highest BCUT2D eigenvalue weighted by Gasteiger charge is 2.16. The molecule has 0 spiro atoms. The van der Waals surface area contributed by atoms with Crippen LogP contribution >= 0.6 is 43.5 Å². The van der Waals surface area contributed by atoms with E-state index in [2.05, 4.69) is 60.5 Å². The van der Waals surface area contributed by atoms with Crippen LogP contribution in [0.15, 0.2) is 27.1 Å². The standard InChI is InChI=1S/C12H12Br2ClN3/c1-7(2)18-11(6-15)16-17-12(18)8-3-9(13)5-10(14)4-8/h3-5,7H,6H2,1-2H3. The normalized spacial score (nSPS) is 11.2. The van der Waals surface area contributed by atoms with Gasteiger partial charge in [-0.3, -0.25) is 0 Å². The maximum Gasteiger partial charge on any atom is 0.164 e. The summed E-state index contributed by atoms with van der Waals surface area (Å²) in [4.78, 5) is 0. The highest BCUT2D eigenvalue weighted by atomic mass is 79.9. The van der Waals surface area contributed by atoms with E-state index in [-0.39, 0.29) is 6.04 Å². The quantitative estimate of drug-likeness (QED) is 0.702. The van der Waals surface area contributed by atoms with Gasteiger partial charge < -0.3 is 4.57 Å². The number of hydrogen-bond donors (Lipinski definition) is 0. The van der Waals surface area contributed by atoms with Crippen molar-refractivity contribution in [1.29, 1.82) is 0 Å². The van der Waals surface area contributed by atoms with Crippen LogP contribution in [0.25, 0.3) is 11.4 Å². The molecular formula is C12H12Br2ClN3. The summed E-state index contributed by atoms with van der Waals surface area (Å²) in [5, 5.41) is 8.39. The Morgan fingerprint density at radius 2 is 1.78 bits per heavy atom. The SMILES string of the molecule is CC(C)n1c(CCl)nnc1-c1cc(Br)cc(Br)c1. The minimum absolute atomic E-state index is 0.265. The molecule has 6 heteroatoms. The largest absolute Gasteiger partial charge is 0.307 e. The summed E-state index contributed by atoms with van der Waals surface area (Å²) in [5.74, 6) is 1.99. The van der Waals surface area contributed by atoms with Crippen molar-refractivity contribution < 1.29 is 0 Å². The van der Waals surface area contributed by atoms with Gasteiger partial charge in [0.05, 0.1) is 5.88 Å². The first-order valence-electron chi connectivity index (χ1n) is 5.49. The Hall–Kier alpha value is -0.390. The summed E-state index contributed by atoms with van der Waals surface area (Å²) in [6.45, 7) is 4.19. The van der Waals surface area contributed by atoms with E-state index in [1.807, 2.05) is 18.2 Å². The second kappa shape index (κ2) is 5.72. The maximum absolute atomic E-state index is 5.90. The molecule has 0 aliphatic rings. The van der Waals surface area contributed by atoms with Crippen molar-refractivity contribution in [3.8, 4) is 11.4 Å². The third-order valence-electron chi connectivity index (χ3n) is 2.52. The predicted octanol–water partition coefficient (Wildman–Crippen LogP) is 4.79. The predicted molar refractivity (Wildman–Crippen MR) is 80.8 cm³/mol. The number of hydrogen-bond acceptors (Lipinski definition) is 2. The van der Waals surface area contributed by atoms with E-state index >= 15 is 0 Å². The molecule has 18 heavy (non-hydrogen) atoms. The van der Waals surface area contributed by atoms with Gasteiger partial charge in [-0.2, -0.15) is 0 Å². The van der Waals surface area contributed by atoms with E-state index < -0.39 is 0 Å². The molecule has 0 aliphatic heterocycles. The van der Waals surface area contributed by atoms with Gasteiger partial charge in [0.1, 0.15) is 5.82 Å². The highest BCUT2D eigenvalue weighted by molar-refractivity contribution is 9.11. The van der Waals surface area contributed by atoms with Crippen LogP contribution in [-0.2, 0) is 5.88 Å². The monoisotopic (exact) mass is 391 g/mol. The molecule has 0 amide bonds. The summed E-state index contributed by atoms with van der Waals surface area (Å²) in [7, 11) is 0. The Morgan fingerprint density at radius 3 is 2.28 bits per heavy atom. The summed E-state index contributed by atoms with van der Waals surface area (Å²) >= 11 is 12.9. The Balaban J connectivity index is 2.60. The molecule has 0 aliphatic carbocycles. The molecule has 1 aromatic carbocycles. The zero-order valence-electron chi connectivity index (χ0n) is 9.99. The van der Waals surface area contributed by atoms with Crippen molar-refractivity contribution in [3.63, 3.8) is 0 Å². The van der Waals surface area contributed by atoms with Crippen molar-refractivity contribution in [2.24, 2.45) is 0 Å². The van der Waals surface area contributed by atoms with Gasteiger partial charge in [-0.25, -0.2) is 0 Å². The third kappa shape index (κ3) is 2.78. The molecule has 3 nitrogen and oxygen atoms in total. The molecule has 0 N–H and O–H groups in total. The number of rotatable bonds is 3. The fourth-order valence-corrected chi connectivity index (χ4v) is 3.31. The van der Waals surface area contributed by atoms with E-state index in [4.69, 9.17) is 11.6 Å². The second-order valence-electron chi connectivity index (χ2n) is 4.20. The van der Waals surface area contributed by atoms with Gasteiger partial charge in [0.25, 0.3) is 0 Å². The van der Waals surface area contributed by atoms with Gasteiger partial charge in [0, 0.05) is 20.6 Å². The van der Waals surface area contributed by atoms with Crippen molar-refractivity contribution in [3.05, 3.63) is 33.0 Å². The van der Waals surface area contributed by atoms with Gasteiger partial charge in [-0.05, 0) is 32.0 Å². The molecule has 1 aromatic heterocycles. The molecule has 96 valence electrons. The Labute approximate surface area is 128 Å². The number of aromatic nitrogens is 3. The van der Waals surface area contributed by atoms with Crippen molar-refractivity contribution >= 4 is 43.5 Å². The van der Waals surface area contributed by atoms with Crippen LogP contribution < -0.4 is 0 Å². The average Bonchev–Trinajstić information content (AvgIpc) is 2.71. The zero-order valence-corrected chi connectivity index (χ0v) is 13.9. The second-order valence-corrected chi connectivity index (χ2v) is 6.29. The van der Waals surface area contributed by atoms with Crippen LogP contribution in [0.5, 0.6) is 0 Å². The van der Waals surface area contributed by atoms with Gasteiger partial charge in [-0.1, -0.05) is 31.9 Å². The Kier molecular flexibility index (Phi) is 4.45. The van der Waals surface area contributed by atoms with E-state index in [1.54, 1.807) is 0 Å². The van der Waals surface area contributed by atoms with E-state index in [1.165, 1.54) is 0 Å². The number of halogens is 3. The third-order valence-corrected chi connectivity index (χ3v) is 3.68. The molecule has 1 heterocycles. The molecule has 0 bridgehead atoms. The van der Waals surface area contributed by atoms with Crippen molar-refractivity contribution in [2.45, 2.75) is 25.8 Å². The maximum atomic E-state index is 5.90. The molecule has 0 saturated carbocycles. The van der Waals surface area contributed by atoms with Crippen LogP contribution in [-0.4, -0.2) is 14.8 Å². The lowest BCUT2D eigenvalue weighted by Crippen LogP contribution is -2.07. The summed E-state index contributed by atoms with van der Waals surface area (Å²) in [6, 6.07) is 6.29. The van der Waals surface area contributed by atoms with Crippen LogP contribution in [0.2, 0.25) is 0 Å². The number of benzene rings is 1. The average molecular weight is 394 g/mol. The molecule has 0 radical (unpaired) electrons. The molecule has 2 rings (SSSR count). The minimum Gasteiger partial charge on any atom is -0.307 e. The Bertz CT molecular complexity index is 546. The van der Waals surface area contributed by atoms with Crippen LogP contribution in [0.3, 0.4) is 0 Å². The molecule has 0 unspecified atom stereocenters. The summed E-state index contributed by atoms with van der Waals surface area (Å²) in [5.41, 5.74) is 1.01. The Morgan fingerprint density at radius 1 is 1.17 bits per heavy atom. The van der Waals surface area contributed by atoms with Crippen LogP contribution in [0.4, 0.5) is 0 Å². The molecule has 2 aromatic rings. The van der Waals surface area contributed by atoms with Gasteiger partial charge in [0.15, 0.2) is 5.82 Å². The van der Waals surface area contributed by atoms with Crippen molar-refractivity contribution in [1.82, 2.24) is 14.8 Å². The minimum atomic E-state index is 0.265. The number of nitrogens with zero attached hydrogens (tertiary/aromatic N) is 3. The van der Waals surface area contributed by atoms with Crippen LogP contribution in [0.1, 0.15) is 25.7 Å². The number of alkyl halides is 1. The summed E-state index contributed by atoms with van der Waals surface area (Å²) < 4.78 is 4.05. The zero-order chi connectivity index (χ0) is 13.3. The van der Waals surface area contributed by atoms with E-state index in [0.29, 0.717) is 5.88 Å². The first-order valence-corrected chi connectivity index (χ1v) is 7.61. The fourth-order valence-electron chi connectivity index (χ4n) is 1.84. The van der Waals surface area contributed by atoms with E-state index in [9.17, 15) is 0 Å². The highest BCUT2D eigenvalue weighted by Crippen LogP contribution is 2.29. The van der Waals surface area contributed by atoms with E-state index in [0.717, 1.165) is 26.2 Å². The molecule has 0 fully saturated rings.